The topological polar surface area (TPSA) is 20.2 Å². The van der Waals surface area contributed by atoms with Crippen LogP contribution in [0.2, 0.25) is 0 Å². The standard InChI is InChI=1S/C11H16O/c1-7-2-8-3-9-4-11(7,6-12)5-10(8)9/h2,7,9-10,12H,3-6H2,1H3. The molecule has 0 aliphatic heterocycles. The van der Waals surface area contributed by atoms with Gasteiger partial charge in [0.25, 0.3) is 0 Å². The van der Waals surface area contributed by atoms with Gasteiger partial charge >= 0.3 is 0 Å². The normalized spacial score (nSPS) is 54.8. The Morgan fingerprint density at radius 2 is 2.42 bits per heavy atom. The van der Waals surface area contributed by atoms with Crippen molar-refractivity contribution in [1.29, 1.82) is 0 Å². The van der Waals surface area contributed by atoms with Crippen molar-refractivity contribution >= 4 is 0 Å². The number of hydrogen-bond donors (Lipinski definition) is 1. The van der Waals surface area contributed by atoms with E-state index in [2.05, 4.69) is 13.0 Å². The molecule has 0 amide bonds. The van der Waals surface area contributed by atoms with Gasteiger partial charge in [-0.1, -0.05) is 18.6 Å². The number of rotatable bonds is 1. The van der Waals surface area contributed by atoms with Crippen molar-refractivity contribution in [3.8, 4) is 0 Å². The van der Waals surface area contributed by atoms with Gasteiger partial charge in [0, 0.05) is 12.0 Å². The largest absolute Gasteiger partial charge is 0.396 e. The van der Waals surface area contributed by atoms with Gasteiger partial charge in [0.2, 0.25) is 0 Å². The molecule has 12 heavy (non-hydrogen) atoms. The molecule has 0 aromatic rings. The van der Waals surface area contributed by atoms with E-state index in [1.54, 1.807) is 5.57 Å². The molecular formula is C11H16O. The Bertz CT molecular complexity index is 256. The van der Waals surface area contributed by atoms with Crippen LogP contribution in [0.15, 0.2) is 11.6 Å². The molecule has 3 aliphatic rings. The highest BCUT2D eigenvalue weighted by Gasteiger charge is 2.56. The summed E-state index contributed by atoms with van der Waals surface area (Å²) in [5.41, 5.74) is 1.99. The lowest BCUT2D eigenvalue weighted by atomic mass is 9.66. The van der Waals surface area contributed by atoms with Crippen LogP contribution < -0.4 is 0 Å². The average molecular weight is 164 g/mol. The minimum atomic E-state index is 0.287. The molecule has 2 saturated carbocycles. The molecular weight excluding hydrogens is 148 g/mol. The summed E-state index contributed by atoms with van der Waals surface area (Å²) in [7, 11) is 0. The van der Waals surface area contributed by atoms with Gasteiger partial charge in [0.15, 0.2) is 0 Å². The van der Waals surface area contributed by atoms with Crippen LogP contribution >= 0.6 is 0 Å². The molecule has 66 valence electrons. The summed E-state index contributed by atoms with van der Waals surface area (Å²) in [6.45, 7) is 2.69. The van der Waals surface area contributed by atoms with Gasteiger partial charge < -0.3 is 5.11 Å². The summed E-state index contributed by atoms with van der Waals surface area (Å²) in [6.07, 6.45) is 6.35. The third-order valence-corrected chi connectivity index (χ3v) is 4.58. The van der Waals surface area contributed by atoms with Crippen LogP contribution in [0.5, 0.6) is 0 Å². The van der Waals surface area contributed by atoms with E-state index in [4.69, 9.17) is 0 Å². The van der Waals surface area contributed by atoms with Gasteiger partial charge in [-0.15, -0.1) is 0 Å². The number of allylic oxidation sites excluding steroid dienone is 2. The van der Waals surface area contributed by atoms with E-state index < -0.39 is 0 Å². The fourth-order valence-electron chi connectivity index (χ4n) is 3.63. The summed E-state index contributed by atoms with van der Waals surface area (Å²) in [4.78, 5) is 0. The van der Waals surface area contributed by atoms with Crippen LogP contribution in [0.3, 0.4) is 0 Å². The second kappa shape index (κ2) is 1.95. The van der Waals surface area contributed by atoms with Crippen molar-refractivity contribution in [3.63, 3.8) is 0 Å². The van der Waals surface area contributed by atoms with Crippen molar-refractivity contribution in [3.05, 3.63) is 11.6 Å². The van der Waals surface area contributed by atoms with E-state index in [0.717, 1.165) is 11.8 Å². The predicted molar refractivity (Wildman–Crippen MR) is 47.6 cm³/mol. The highest BCUT2D eigenvalue weighted by molar-refractivity contribution is 5.30. The van der Waals surface area contributed by atoms with Crippen LogP contribution in [-0.2, 0) is 0 Å². The monoisotopic (exact) mass is 164 g/mol. The van der Waals surface area contributed by atoms with E-state index in [0.29, 0.717) is 12.5 Å². The molecule has 1 heteroatoms. The summed E-state index contributed by atoms with van der Waals surface area (Å²) in [5, 5.41) is 9.45. The molecule has 0 heterocycles. The minimum absolute atomic E-state index is 0.287. The first-order chi connectivity index (χ1) is 5.75. The van der Waals surface area contributed by atoms with Crippen molar-refractivity contribution in [2.45, 2.75) is 26.2 Å². The van der Waals surface area contributed by atoms with Crippen LogP contribution in [-0.4, -0.2) is 11.7 Å². The summed E-state index contributed by atoms with van der Waals surface area (Å²) >= 11 is 0. The molecule has 1 N–H and O–H groups in total. The molecule has 0 aromatic heterocycles. The lowest BCUT2D eigenvalue weighted by Crippen LogP contribution is -2.32. The zero-order valence-corrected chi connectivity index (χ0v) is 7.59. The van der Waals surface area contributed by atoms with E-state index in [1.165, 1.54) is 19.3 Å². The molecule has 2 bridgehead atoms. The predicted octanol–water partition coefficient (Wildman–Crippen LogP) is 1.97. The Kier molecular flexibility index (Phi) is 1.16. The lowest BCUT2D eigenvalue weighted by Gasteiger charge is -2.39. The molecule has 3 aliphatic carbocycles. The first kappa shape index (κ1) is 7.14. The van der Waals surface area contributed by atoms with Crippen LogP contribution in [0.1, 0.15) is 26.2 Å². The molecule has 4 atom stereocenters. The number of aliphatic hydroxyl groups excluding tert-OH is 1. The maximum absolute atomic E-state index is 9.45. The Morgan fingerprint density at radius 1 is 1.58 bits per heavy atom. The van der Waals surface area contributed by atoms with Gasteiger partial charge in [-0.25, -0.2) is 0 Å². The zero-order valence-electron chi connectivity index (χ0n) is 7.59. The second-order valence-corrected chi connectivity index (χ2v) is 5.03. The number of aliphatic hydroxyl groups is 1. The van der Waals surface area contributed by atoms with E-state index in [-0.39, 0.29) is 5.41 Å². The zero-order chi connectivity index (χ0) is 8.34. The van der Waals surface area contributed by atoms with Crippen LogP contribution in [0, 0.1) is 23.2 Å². The van der Waals surface area contributed by atoms with E-state index in [1.807, 2.05) is 0 Å². The SMILES string of the molecule is CC1C=C2CC3CC1(CO)CC23. The van der Waals surface area contributed by atoms with Crippen molar-refractivity contribution in [2.75, 3.05) is 6.61 Å². The molecule has 4 unspecified atom stereocenters. The lowest BCUT2D eigenvalue weighted by molar-refractivity contribution is 0.0879. The van der Waals surface area contributed by atoms with Crippen LogP contribution in [0.4, 0.5) is 0 Å². The third-order valence-electron chi connectivity index (χ3n) is 4.58. The summed E-state index contributed by atoms with van der Waals surface area (Å²) in [6, 6.07) is 0. The van der Waals surface area contributed by atoms with Gasteiger partial charge in [-0.2, -0.15) is 0 Å². The molecule has 0 spiro atoms. The van der Waals surface area contributed by atoms with Crippen molar-refractivity contribution < 1.29 is 5.11 Å². The average Bonchev–Trinajstić information content (AvgIpc) is 2.20. The number of fused-ring (bicyclic) bond motifs is 1. The van der Waals surface area contributed by atoms with E-state index >= 15 is 0 Å². The molecule has 3 rings (SSSR count). The first-order valence-corrected chi connectivity index (χ1v) is 5.07. The highest BCUT2D eigenvalue weighted by Crippen LogP contribution is 2.64. The molecule has 0 aromatic carbocycles. The van der Waals surface area contributed by atoms with Crippen molar-refractivity contribution in [1.82, 2.24) is 0 Å². The van der Waals surface area contributed by atoms with Gasteiger partial charge in [-0.3, -0.25) is 0 Å². The highest BCUT2D eigenvalue weighted by atomic mass is 16.3. The molecule has 2 fully saturated rings. The summed E-state index contributed by atoms with van der Waals surface area (Å²) in [5.74, 6) is 2.45. The smallest absolute Gasteiger partial charge is 0.0493 e. The first-order valence-electron chi connectivity index (χ1n) is 5.07. The van der Waals surface area contributed by atoms with Crippen LogP contribution in [0.25, 0.3) is 0 Å². The molecule has 0 saturated heterocycles. The van der Waals surface area contributed by atoms with Gasteiger partial charge in [0.05, 0.1) is 0 Å². The van der Waals surface area contributed by atoms with Gasteiger partial charge in [0.1, 0.15) is 0 Å². The fourth-order valence-corrected chi connectivity index (χ4v) is 3.63. The molecule has 1 nitrogen and oxygen atoms in total. The summed E-state index contributed by atoms with van der Waals surface area (Å²) < 4.78 is 0. The third kappa shape index (κ3) is 0.610. The fraction of sp³-hybridized carbons (Fsp3) is 0.818. The number of hydrogen-bond acceptors (Lipinski definition) is 1. The van der Waals surface area contributed by atoms with Crippen molar-refractivity contribution in [2.24, 2.45) is 23.2 Å². The Hall–Kier alpha value is -0.300. The second-order valence-electron chi connectivity index (χ2n) is 5.03. The Balaban J connectivity index is 2.04. The Morgan fingerprint density at radius 3 is 3.17 bits per heavy atom. The molecule has 0 radical (unpaired) electrons. The maximum atomic E-state index is 9.45. The quantitative estimate of drug-likeness (QED) is 0.587. The van der Waals surface area contributed by atoms with E-state index in [9.17, 15) is 5.11 Å². The maximum Gasteiger partial charge on any atom is 0.0493 e. The minimum Gasteiger partial charge on any atom is -0.396 e. The van der Waals surface area contributed by atoms with Gasteiger partial charge in [-0.05, 0) is 37.0 Å². The Labute approximate surface area is 73.5 Å².